The van der Waals surface area contributed by atoms with Crippen LogP contribution in [0.3, 0.4) is 0 Å². The Bertz CT molecular complexity index is 1270. The van der Waals surface area contributed by atoms with Gasteiger partial charge in [-0.05, 0) is 36.6 Å². The van der Waals surface area contributed by atoms with Gasteiger partial charge in [0.05, 0.1) is 6.54 Å². The lowest BCUT2D eigenvalue weighted by Gasteiger charge is -2.08. The summed E-state index contributed by atoms with van der Waals surface area (Å²) in [6, 6.07) is 20.7. The predicted molar refractivity (Wildman–Crippen MR) is 120 cm³/mol. The fourth-order valence-corrected chi connectivity index (χ4v) is 3.40. The number of anilines is 1. The summed E-state index contributed by atoms with van der Waals surface area (Å²) < 4.78 is 6.77. The molecule has 1 N–H and O–H groups in total. The summed E-state index contributed by atoms with van der Waals surface area (Å²) in [4.78, 5) is 25.5. The highest BCUT2D eigenvalue weighted by Crippen LogP contribution is 2.22. The van der Waals surface area contributed by atoms with Crippen LogP contribution in [0.5, 0.6) is 0 Å². The van der Waals surface area contributed by atoms with Crippen LogP contribution in [0.15, 0.2) is 82.2 Å². The number of aromatic nitrogens is 2. The van der Waals surface area contributed by atoms with Crippen molar-refractivity contribution in [3.05, 3.63) is 106 Å². The number of hydrogen-bond acceptors (Lipinski definition) is 4. The number of pyridine rings is 1. The van der Waals surface area contributed by atoms with Crippen LogP contribution in [0.2, 0.25) is 0 Å². The lowest BCUT2D eigenvalue weighted by atomic mass is 10.1. The Labute approximate surface area is 180 Å². The Kier molecular flexibility index (Phi) is 5.80. The van der Waals surface area contributed by atoms with E-state index in [1.54, 1.807) is 18.3 Å². The van der Waals surface area contributed by atoms with E-state index in [-0.39, 0.29) is 17.0 Å². The van der Waals surface area contributed by atoms with E-state index in [2.05, 4.69) is 17.4 Å². The second kappa shape index (κ2) is 8.83. The largest absolute Gasteiger partial charge is 0.338 e. The van der Waals surface area contributed by atoms with E-state index in [4.69, 9.17) is 4.52 Å². The lowest BCUT2D eigenvalue weighted by Crippen LogP contribution is -2.28. The maximum Gasteiger partial charge on any atom is 0.263 e. The maximum absolute atomic E-state index is 12.8. The Morgan fingerprint density at radius 1 is 1.03 bits per heavy atom. The summed E-state index contributed by atoms with van der Waals surface area (Å²) in [6.07, 6.45) is 2.63. The van der Waals surface area contributed by atoms with Crippen molar-refractivity contribution < 1.29 is 9.32 Å². The van der Waals surface area contributed by atoms with Crippen LogP contribution in [0, 0.1) is 6.92 Å². The molecule has 0 spiro atoms. The summed E-state index contributed by atoms with van der Waals surface area (Å²) in [7, 11) is 0. The molecular formula is C25H23N3O3. The smallest absolute Gasteiger partial charge is 0.263 e. The number of carbonyl (C=O) groups excluding carboxylic acids is 1. The molecule has 0 aliphatic heterocycles. The number of aryl methyl sites for hydroxylation is 2. The van der Waals surface area contributed by atoms with Gasteiger partial charge in [-0.1, -0.05) is 66.2 Å². The topological polar surface area (TPSA) is 77.1 Å². The van der Waals surface area contributed by atoms with Crippen LogP contribution in [-0.2, 0) is 13.0 Å². The zero-order valence-corrected chi connectivity index (χ0v) is 17.5. The van der Waals surface area contributed by atoms with Gasteiger partial charge in [-0.2, -0.15) is 0 Å². The molecule has 1 amide bonds. The Morgan fingerprint density at radius 2 is 1.84 bits per heavy atom. The molecule has 2 aromatic carbocycles. The first-order valence-electron chi connectivity index (χ1n) is 10.2. The molecule has 0 saturated carbocycles. The first kappa shape index (κ1) is 20.3. The summed E-state index contributed by atoms with van der Waals surface area (Å²) in [6.45, 7) is 4.49. The molecule has 31 heavy (non-hydrogen) atoms. The standard InChI is InChI=1S/C25H23N3O3/c1-3-18-9-11-20(12-10-18)22-15-23(31-27-22)26-24(29)21-8-5-13-28(25(21)30)16-19-7-4-6-17(2)14-19/h4-15H,3,16H2,1-2H3,(H,26,29). The molecule has 0 atom stereocenters. The zero-order valence-electron chi connectivity index (χ0n) is 17.5. The van der Waals surface area contributed by atoms with E-state index in [1.807, 2.05) is 55.5 Å². The van der Waals surface area contributed by atoms with Gasteiger partial charge in [0.25, 0.3) is 11.5 Å². The second-order valence-corrected chi connectivity index (χ2v) is 7.42. The number of rotatable bonds is 6. The highest BCUT2D eigenvalue weighted by atomic mass is 16.5. The van der Waals surface area contributed by atoms with Gasteiger partial charge >= 0.3 is 0 Å². The Morgan fingerprint density at radius 3 is 2.58 bits per heavy atom. The molecule has 0 bridgehead atoms. The molecular weight excluding hydrogens is 390 g/mol. The Hall–Kier alpha value is -3.93. The van der Waals surface area contributed by atoms with Crippen LogP contribution in [0.4, 0.5) is 5.88 Å². The van der Waals surface area contributed by atoms with Crippen molar-refractivity contribution >= 4 is 11.8 Å². The van der Waals surface area contributed by atoms with Gasteiger partial charge in [0.1, 0.15) is 11.3 Å². The summed E-state index contributed by atoms with van der Waals surface area (Å²) in [5.41, 5.74) is 4.52. The van der Waals surface area contributed by atoms with Gasteiger partial charge < -0.3 is 9.09 Å². The zero-order chi connectivity index (χ0) is 21.8. The van der Waals surface area contributed by atoms with Crippen LogP contribution in [0.25, 0.3) is 11.3 Å². The molecule has 0 unspecified atom stereocenters. The van der Waals surface area contributed by atoms with E-state index in [9.17, 15) is 9.59 Å². The molecule has 0 radical (unpaired) electrons. The quantitative estimate of drug-likeness (QED) is 0.498. The van der Waals surface area contributed by atoms with Crippen molar-refractivity contribution in [2.75, 3.05) is 5.32 Å². The van der Waals surface area contributed by atoms with Crippen LogP contribution >= 0.6 is 0 Å². The maximum atomic E-state index is 12.8. The average Bonchev–Trinajstić information content (AvgIpc) is 3.23. The van der Waals surface area contributed by atoms with Crippen molar-refractivity contribution in [3.8, 4) is 11.3 Å². The number of nitrogens with zero attached hydrogens (tertiary/aromatic N) is 2. The third-order valence-electron chi connectivity index (χ3n) is 5.11. The molecule has 4 aromatic rings. The molecule has 0 aliphatic carbocycles. The minimum Gasteiger partial charge on any atom is -0.338 e. The molecule has 6 nitrogen and oxygen atoms in total. The van der Waals surface area contributed by atoms with Crippen LogP contribution < -0.4 is 10.9 Å². The number of benzene rings is 2. The summed E-state index contributed by atoms with van der Waals surface area (Å²) in [5.74, 6) is -0.347. The minimum absolute atomic E-state index is 0.0420. The highest BCUT2D eigenvalue weighted by molar-refractivity contribution is 6.03. The molecule has 0 saturated heterocycles. The summed E-state index contributed by atoms with van der Waals surface area (Å²) in [5, 5.41) is 6.65. The monoisotopic (exact) mass is 413 g/mol. The van der Waals surface area contributed by atoms with E-state index >= 15 is 0 Å². The van der Waals surface area contributed by atoms with Crippen molar-refractivity contribution in [1.82, 2.24) is 9.72 Å². The first-order valence-corrected chi connectivity index (χ1v) is 10.2. The fourth-order valence-electron chi connectivity index (χ4n) is 3.40. The van der Waals surface area contributed by atoms with E-state index in [1.165, 1.54) is 16.2 Å². The van der Waals surface area contributed by atoms with Gasteiger partial charge in [-0.15, -0.1) is 0 Å². The normalized spacial score (nSPS) is 10.8. The van der Waals surface area contributed by atoms with Crippen LogP contribution in [-0.4, -0.2) is 15.6 Å². The molecule has 2 aromatic heterocycles. The van der Waals surface area contributed by atoms with Crippen molar-refractivity contribution in [2.24, 2.45) is 0 Å². The molecule has 4 rings (SSSR count). The molecule has 156 valence electrons. The summed E-state index contributed by atoms with van der Waals surface area (Å²) >= 11 is 0. The van der Waals surface area contributed by atoms with Crippen molar-refractivity contribution in [1.29, 1.82) is 0 Å². The van der Waals surface area contributed by atoms with E-state index in [0.717, 1.165) is 23.1 Å². The molecule has 0 fully saturated rings. The highest BCUT2D eigenvalue weighted by Gasteiger charge is 2.15. The van der Waals surface area contributed by atoms with Gasteiger partial charge in [0, 0.05) is 17.8 Å². The van der Waals surface area contributed by atoms with Gasteiger partial charge in [0.15, 0.2) is 0 Å². The predicted octanol–water partition coefficient (Wildman–Crippen LogP) is 4.67. The average molecular weight is 413 g/mol. The first-order chi connectivity index (χ1) is 15.0. The third-order valence-corrected chi connectivity index (χ3v) is 5.11. The van der Waals surface area contributed by atoms with Crippen LogP contribution in [0.1, 0.15) is 34.0 Å². The van der Waals surface area contributed by atoms with Gasteiger partial charge in [-0.25, -0.2) is 0 Å². The van der Waals surface area contributed by atoms with Crippen molar-refractivity contribution in [3.63, 3.8) is 0 Å². The van der Waals surface area contributed by atoms with Gasteiger partial charge in [-0.3, -0.25) is 14.9 Å². The van der Waals surface area contributed by atoms with Gasteiger partial charge in [0.2, 0.25) is 5.88 Å². The number of amides is 1. The molecule has 0 aliphatic rings. The van der Waals surface area contributed by atoms with E-state index < -0.39 is 5.91 Å². The minimum atomic E-state index is -0.535. The SMILES string of the molecule is CCc1ccc(-c2cc(NC(=O)c3cccn(Cc4cccc(C)c4)c3=O)on2)cc1. The lowest BCUT2D eigenvalue weighted by molar-refractivity contribution is 0.102. The second-order valence-electron chi connectivity index (χ2n) is 7.42. The van der Waals surface area contributed by atoms with E-state index in [0.29, 0.717) is 12.2 Å². The Balaban J connectivity index is 1.51. The number of carbonyl (C=O) groups is 1. The van der Waals surface area contributed by atoms with Crippen molar-refractivity contribution in [2.45, 2.75) is 26.8 Å². The fraction of sp³-hybridized carbons (Fsp3) is 0.160. The number of hydrogen-bond donors (Lipinski definition) is 1. The number of nitrogens with one attached hydrogen (secondary N) is 1. The third kappa shape index (κ3) is 4.64. The molecule has 6 heteroatoms. The molecule has 2 heterocycles.